The van der Waals surface area contributed by atoms with Crippen molar-refractivity contribution in [1.82, 2.24) is 20.2 Å². The minimum Gasteiger partial charge on any atom is -0.325 e. The first-order chi connectivity index (χ1) is 12.5. The largest absolute Gasteiger partial charge is 0.325 e. The van der Waals surface area contributed by atoms with Gasteiger partial charge in [-0.15, -0.1) is 5.10 Å². The third-order valence-corrected chi connectivity index (χ3v) is 4.66. The van der Waals surface area contributed by atoms with Crippen molar-refractivity contribution in [2.45, 2.75) is 24.3 Å². The van der Waals surface area contributed by atoms with E-state index in [2.05, 4.69) is 20.8 Å². The van der Waals surface area contributed by atoms with Crippen LogP contribution in [0.4, 0.5) is 5.69 Å². The van der Waals surface area contributed by atoms with Gasteiger partial charge in [0.05, 0.1) is 10.9 Å². The van der Waals surface area contributed by atoms with Crippen LogP contribution < -0.4 is 5.32 Å². The van der Waals surface area contributed by atoms with E-state index in [1.165, 1.54) is 18.7 Å². The zero-order valence-electron chi connectivity index (χ0n) is 14.3. The Balaban J connectivity index is 1.70. The van der Waals surface area contributed by atoms with Gasteiger partial charge in [-0.2, -0.15) is 4.68 Å². The number of nitrogens with zero attached hydrogens (tertiary/aromatic N) is 4. The molecule has 26 heavy (non-hydrogen) atoms. The van der Waals surface area contributed by atoms with Crippen LogP contribution in [0.1, 0.15) is 24.2 Å². The highest BCUT2D eigenvalue weighted by molar-refractivity contribution is 8.00. The van der Waals surface area contributed by atoms with Crippen LogP contribution in [0.25, 0.3) is 5.69 Å². The number of carbonyl (C=O) groups is 2. The fraction of sp³-hybridized carbons (Fsp3) is 0.167. The Labute approximate surface area is 154 Å². The number of benzene rings is 2. The molecule has 1 aromatic heterocycles. The van der Waals surface area contributed by atoms with Gasteiger partial charge in [-0.25, -0.2) is 0 Å². The summed E-state index contributed by atoms with van der Waals surface area (Å²) in [4.78, 5) is 23.9. The Bertz CT molecular complexity index is 926. The molecule has 0 saturated carbocycles. The van der Waals surface area contributed by atoms with E-state index in [-0.39, 0.29) is 11.7 Å². The SMILES string of the molecule is CC(=O)c1cccc(NC(=O)[C@H](C)Sc2nnnn2-c2ccccc2)c1. The van der Waals surface area contributed by atoms with E-state index in [0.29, 0.717) is 16.4 Å². The number of thioether (sulfide) groups is 1. The summed E-state index contributed by atoms with van der Waals surface area (Å²) in [6.45, 7) is 3.27. The van der Waals surface area contributed by atoms with Crippen molar-refractivity contribution in [3.63, 3.8) is 0 Å². The molecule has 1 amide bonds. The number of aromatic nitrogens is 4. The predicted octanol–water partition coefficient (Wildman–Crippen LogP) is 2.98. The third-order valence-electron chi connectivity index (χ3n) is 3.63. The maximum Gasteiger partial charge on any atom is 0.237 e. The van der Waals surface area contributed by atoms with E-state index in [9.17, 15) is 9.59 Å². The van der Waals surface area contributed by atoms with Gasteiger partial charge in [0.15, 0.2) is 5.78 Å². The first kappa shape index (κ1) is 17.8. The summed E-state index contributed by atoms with van der Waals surface area (Å²) >= 11 is 1.26. The zero-order chi connectivity index (χ0) is 18.5. The molecule has 0 spiro atoms. The minimum absolute atomic E-state index is 0.0504. The van der Waals surface area contributed by atoms with Crippen molar-refractivity contribution >= 4 is 29.1 Å². The molecule has 1 N–H and O–H groups in total. The van der Waals surface area contributed by atoms with Gasteiger partial charge in [0.1, 0.15) is 0 Å². The Morgan fingerprint density at radius 1 is 1.12 bits per heavy atom. The van der Waals surface area contributed by atoms with Crippen LogP contribution >= 0.6 is 11.8 Å². The molecular formula is C18H17N5O2S. The third kappa shape index (κ3) is 4.15. The summed E-state index contributed by atoms with van der Waals surface area (Å²) in [5, 5.41) is 14.6. The molecule has 1 heterocycles. The molecule has 8 heteroatoms. The van der Waals surface area contributed by atoms with Crippen molar-refractivity contribution in [3.8, 4) is 5.69 Å². The maximum atomic E-state index is 12.5. The smallest absolute Gasteiger partial charge is 0.237 e. The van der Waals surface area contributed by atoms with Gasteiger partial charge in [-0.05, 0) is 48.5 Å². The lowest BCUT2D eigenvalue weighted by molar-refractivity contribution is -0.115. The van der Waals surface area contributed by atoms with E-state index in [4.69, 9.17) is 0 Å². The molecule has 1 atom stereocenters. The normalized spacial score (nSPS) is 11.8. The van der Waals surface area contributed by atoms with Gasteiger partial charge in [0.25, 0.3) is 0 Å². The lowest BCUT2D eigenvalue weighted by Gasteiger charge is -2.12. The fourth-order valence-electron chi connectivity index (χ4n) is 2.26. The van der Waals surface area contributed by atoms with Crippen molar-refractivity contribution in [3.05, 3.63) is 60.2 Å². The number of hydrogen-bond donors (Lipinski definition) is 1. The number of para-hydroxylation sites is 1. The van der Waals surface area contributed by atoms with E-state index >= 15 is 0 Å². The standard InChI is InChI=1S/C18H17N5O2S/c1-12(24)14-7-6-8-15(11-14)19-17(25)13(2)26-18-20-21-22-23(18)16-9-4-3-5-10-16/h3-11,13H,1-2H3,(H,19,25)/t13-/m0/s1. The van der Waals surface area contributed by atoms with Crippen molar-refractivity contribution in [2.75, 3.05) is 5.32 Å². The van der Waals surface area contributed by atoms with Gasteiger partial charge in [-0.1, -0.05) is 42.1 Å². The number of rotatable bonds is 6. The van der Waals surface area contributed by atoms with E-state index in [0.717, 1.165) is 5.69 Å². The van der Waals surface area contributed by atoms with Crippen LogP contribution in [0, 0.1) is 0 Å². The van der Waals surface area contributed by atoms with Gasteiger partial charge in [0.2, 0.25) is 11.1 Å². The lowest BCUT2D eigenvalue weighted by atomic mass is 10.1. The number of amides is 1. The molecule has 7 nitrogen and oxygen atoms in total. The number of hydrogen-bond acceptors (Lipinski definition) is 6. The van der Waals surface area contributed by atoms with Gasteiger partial charge >= 0.3 is 0 Å². The molecular weight excluding hydrogens is 350 g/mol. The molecule has 0 aliphatic carbocycles. The molecule has 0 unspecified atom stereocenters. The Morgan fingerprint density at radius 3 is 2.62 bits per heavy atom. The van der Waals surface area contributed by atoms with E-state index < -0.39 is 5.25 Å². The molecule has 3 rings (SSSR count). The molecule has 0 fully saturated rings. The first-order valence-electron chi connectivity index (χ1n) is 7.97. The first-order valence-corrected chi connectivity index (χ1v) is 8.85. The molecule has 132 valence electrons. The highest BCUT2D eigenvalue weighted by Gasteiger charge is 2.19. The number of nitrogens with one attached hydrogen (secondary N) is 1. The Morgan fingerprint density at radius 2 is 1.88 bits per heavy atom. The maximum absolute atomic E-state index is 12.5. The van der Waals surface area contributed by atoms with Crippen molar-refractivity contribution in [1.29, 1.82) is 0 Å². The lowest BCUT2D eigenvalue weighted by Crippen LogP contribution is -2.23. The summed E-state index contributed by atoms with van der Waals surface area (Å²) < 4.78 is 1.59. The van der Waals surface area contributed by atoms with Crippen LogP contribution in [-0.4, -0.2) is 37.1 Å². The monoisotopic (exact) mass is 367 g/mol. The average Bonchev–Trinajstić information content (AvgIpc) is 3.10. The van der Waals surface area contributed by atoms with Crippen molar-refractivity contribution in [2.24, 2.45) is 0 Å². The molecule has 0 saturated heterocycles. The predicted molar refractivity (Wildman–Crippen MR) is 99.5 cm³/mol. The van der Waals surface area contributed by atoms with Crippen LogP contribution in [0.3, 0.4) is 0 Å². The summed E-state index contributed by atoms with van der Waals surface area (Å²) in [5.41, 5.74) is 1.95. The quantitative estimate of drug-likeness (QED) is 0.532. The van der Waals surface area contributed by atoms with Gasteiger partial charge in [0, 0.05) is 11.3 Å². The summed E-state index contributed by atoms with van der Waals surface area (Å²) in [5.74, 6) is -0.246. The molecule has 0 aliphatic rings. The fourth-order valence-corrected chi connectivity index (χ4v) is 3.06. The second kappa shape index (κ2) is 7.92. The minimum atomic E-state index is -0.426. The van der Waals surface area contributed by atoms with Crippen LogP contribution in [-0.2, 0) is 4.79 Å². The van der Waals surface area contributed by atoms with E-state index in [1.54, 1.807) is 35.9 Å². The topological polar surface area (TPSA) is 89.8 Å². The number of tetrazole rings is 1. The summed E-state index contributed by atoms with van der Waals surface area (Å²) in [6, 6.07) is 16.3. The summed E-state index contributed by atoms with van der Waals surface area (Å²) in [7, 11) is 0. The Hall–Kier alpha value is -3.00. The Kier molecular flexibility index (Phi) is 5.43. The number of ketones is 1. The molecule has 2 aromatic carbocycles. The number of Topliss-reactive ketones (excluding diaryl/α,β-unsaturated/α-hetero) is 1. The van der Waals surface area contributed by atoms with Crippen LogP contribution in [0.2, 0.25) is 0 Å². The molecule has 3 aromatic rings. The van der Waals surface area contributed by atoms with Crippen molar-refractivity contribution < 1.29 is 9.59 Å². The van der Waals surface area contributed by atoms with E-state index in [1.807, 2.05) is 30.3 Å². The molecule has 0 bridgehead atoms. The second-order valence-corrected chi connectivity index (χ2v) is 6.90. The van der Waals surface area contributed by atoms with Crippen LogP contribution in [0.15, 0.2) is 59.8 Å². The highest BCUT2D eigenvalue weighted by atomic mass is 32.2. The molecule has 0 aliphatic heterocycles. The van der Waals surface area contributed by atoms with Gasteiger partial charge < -0.3 is 5.32 Å². The summed E-state index contributed by atoms with van der Waals surface area (Å²) in [6.07, 6.45) is 0. The van der Waals surface area contributed by atoms with Gasteiger partial charge in [-0.3, -0.25) is 9.59 Å². The average molecular weight is 367 g/mol. The molecule has 0 radical (unpaired) electrons. The number of carbonyl (C=O) groups excluding carboxylic acids is 2. The number of anilines is 1. The van der Waals surface area contributed by atoms with Crippen LogP contribution in [0.5, 0.6) is 0 Å². The highest BCUT2D eigenvalue weighted by Crippen LogP contribution is 2.24. The zero-order valence-corrected chi connectivity index (χ0v) is 15.1. The second-order valence-electron chi connectivity index (χ2n) is 5.60.